The second-order valence-corrected chi connectivity index (χ2v) is 8.50. The predicted octanol–water partition coefficient (Wildman–Crippen LogP) is 5.01. The first kappa shape index (κ1) is 20.6. The van der Waals surface area contributed by atoms with Crippen molar-refractivity contribution in [3.8, 4) is 5.75 Å². The molecule has 0 saturated heterocycles. The van der Waals surface area contributed by atoms with E-state index in [4.69, 9.17) is 20.8 Å². The second-order valence-electron chi connectivity index (χ2n) is 8.06. The Morgan fingerprint density at radius 1 is 1.22 bits per heavy atom. The normalized spacial score (nSPS) is 19.4. The molecule has 1 unspecified atom stereocenters. The topological polar surface area (TPSA) is 92.9 Å². The number of ether oxygens (including phenoxy) is 1. The van der Waals surface area contributed by atoms with E-state index >= 15 is 0 Å². The summed E-state index contributed by atoms with van der Waals surface area (Å²) >= 11 is 6.14. The summed E-state index contributed by atoms with van der Waals surface area (Å²) in [4.78, 5) is 32.4. The number of benzene rings is 1. The van der Waals surface area contributed by atoms with Gasteiger partial charge in [-0.1, -0.05) is 24.4 Å². The SMILES string of the molecule is COc1cc(Cl)cc2cc(C(=O)C3=C(O)C(=O)N(C4CCCC4)C3c3ccncc3)oc12. The fourth-order valence-electron chi connectivity index (χ4n) is 4.77. The van der Waals surface area contributed by atoms with Crippen molar-refractivity contribution in [2.24, 2.45) is 0 Å². The fourth-order valence-corrected chi connectivity index (χ4v) is 4.99. The molecule has 2 aromatic heterocycles. The van der Waals surface area contributed by atoms with Crippen LogP contribution in [0.2, 0.25) is 5.02 Å². The maximum atomic E-state index is 13.6. The molecule has 2 aliphatic rings. The van der Waals surface area contributed by atoms with Gasteiger partial charge in [0.1, 0.15) is 0 Å². The summed E-state index contributed by atoms with van der Waals surface area (Å²) in [5.41, 5.74) is 1.10. The lowest BCUT2D eigenvalue weighted by molar-refractivity contribution is -0.131. The van der Waals surface area contributed by atoms with Crippen LogP contribution in [0.15, 0.2) is 58.5 Å². The first-order chi connectivity index (χ1) is 15.5. The summed E-state index contributed by atoms with van der Waals surface area (Å²) in [6.07, 6.45) is 6.90. The molecule has 8 heteroatoms. The Morgan fingerprint density at radius 2 is 1.94 bits per heavy atom. The minimum atomic E-state index is -0.709. The summed E-state index contributed by atoms with van der Waals surface area (Å²) in [6, 6.07) is 7.58. The highest BCUT2D eigenvalue weighted by molar-refractivity contribution is 6.31. The standard InChI is InChI=1S/C24H21ClN2O5/c1-31-18-12-15(25)10-14-11-17(32-23(14)18)21(28)19-20(13-6-8-26-9-7-13)27(24(30)22(19)29)16-4-2-3-5-16/h6-12,16,20,29H,2-5H2,1H3. The smallest absolute Gasteiger partial charge is 0.290 e. The van der Waals surface area contributed by atoms with Crippen LogP contribution in [0.1, 0.15) is 47.8 Å². The number of nitrogens with zero attached hydrogens (tertiary/aromatic N) is 2. The summed E-state index contributed by atoms with van der Waals surface area (Å²) < 4.78 is 11.1. The lowest BCUT2D eigenvalue weighted by Crippen LogP contribution is -2.38. The van der Waals surface area contributed by atoms with Crippen molar-refractivity contribution >= 4 is 34.3 Å². The van der Waals surface area contributed by atoms with Crippen LogP contribution >= 0.6 is 11.6 Å². The zero-order chi connectivity index (χ0) is 22.4. The van der Waals surface area contributed by atoms with E-state index in [1.807, 2.05) is 0 Å². The van der Waals surface area contributed by atoms with Crippen molar-refractivity contribution < 1.29 is 23.8 Å². The summed E-state index contributed by atoms with van der Waals surface area (Å²) in [5, 5.41) is 11.9. The number of aromatic nitrogens is 1. The number of hydrogen-bond acceptors (Lipinski definition) is 6. The Morgan fingerprint density at radius 3 is 2.62 bits per heavy atom. The van der Waals surface area contributed by atoms with E-state index in [1.54, 1.807) is 47.6 Å². The molecule has 5 rings (SSSR count). The second kappa shape index (κ2) is 7.98. The molecule has 7 nitrogen and oxygen atoms in total. The van der Waals surface area contributed by atoms with E-state index in [9.17, 15) is 14.7 Å². The Hall–Kier alpha value is -3.32. The number of methoxy groups -OCH3 is 1. The molecular formula is C24H21ClN2O5. The molecule has 1 atom stereocenters. The summed E-state index contributed by atoms with van der Waals surface area (Å²) in [5.74, 6) is -1.21. The Bertz CT molecular complexity index is 1240. The van der Waals surface area contributed by atoms with Crippen molar-refractivity contribution in [3.63, 3.8) is 0 Å². The van der Waals surface area contributed by atoms with Crippen LogP contribution in [-0.2, 0) is 4.79 Å². The van der Waals surface area contributed by atoms with E-state index in [0.29, 0.717) is 27.3 Å². The van der Waals surface area contributed by atoms with Gasteiger partial charge in [0.25, 0.3) is 5.91 Å². The molecule has 1 aliphatic heterocycles. The van der Waals surface area contributed by atoms with Gasteiger partial charge < -0.3 is 19.2 Å². The van der Waals surface area contributed by atoms with Crippen LogP contribution < -0.4 is 4.74 Å². The minimum absolute atomic E-state index is 0.00208. The zero-order valence-electron chi connectivity index (χ0n) is 17.4. The van der Waals surface area contributed by atoms with Gasteiger partial charge in [-0.15, -0.1) is 0 Å². The number of ketones is 1. The van der Waals surface area contributed by atoms with Crippen LogP contribution in [0, 0.1) is 0 Å². The van der Waals surface area contributed by atoms with Crippen LogP contribution in [-0.4, -0.2) is 39.8 Å². The minimum Gasteiger partial charge on any atom is -0.503 e. The van der Waals surface area contributed by atoms with Gasteiger partial charge in [-0.25, -0.2) is 0 Å². The third-order valence-corrected chi connectivity index (χ3v) is 6.44. The number of carbonyl (C=O) groups is 2. The zero-order valence-corrected chi connectivity index (χ0v) is 18.1. The molecular weight excluding hydrogens is 432 g/mol. The highest BCUT2D eigenvalue weighted by Crippen LogP contribution is 2.44. The van der Waals surface area contributed by atoms with Gasteiger partial charge >= 0.3 is 0 Å². The number of halogens is 1. The average molecular weight is 453 g/mol. The van der Waals surface area contributed by atoms with Crippen molar-refractivity contribution in [3.05, 3.63) is 70.4 Å². The molecule has 1 aromatic carbocycles. The molecule has 0 spiro atoms. The van der Waals surface area contributed by atoms with Crippen molar-refractivity contribution in [1.82, 2.24) is 9.88 Å². The number of rotatable bonds is 5. The number of pyridine rings is 1. The van der Waals surface area contributed by atoms with E-state index < -0.39 is 23.5 Å². The summed E-state index contributed by atoms with van der Waals surface area (Å²) in [7, 11) is 1.48. The van der Waals surface area contributed by atoms with Gasteiger partial charge in [0.2, 0.25) is 5.78 Å². The van der Waals surface area contributed by atoms with Crippen LogP contribution in [0.4, 0.5) is 0 Å². The molecule has 32 heavy (non-hydrogen) atoms. The maximum Gasteiger partial charge on any atom is 0.290 e. The largest absolute Gasteiger partial charge is 0.503 e. The monoisotopic (exact) mass is 452 g/mol. The van der Waals surface area contributed by atoms with Crippen LogP contribution in [0.5, 0.6) is 5.75 Å². The maximum absolute atomic E-state index is 13.6. The molecule has 1 amide bonds. The van der Waals surface area contributed by atoms with Crippen LogP contribution in [0.25, 0.3) is 11.0 Å². The summed E-state index contributed by atoms with van der Waals surface area (Å²) in [6.45, 7) is 0. The number of Topliss-reactive ketones (excluding diaryl/α,β-unsaturated/α-hetero) is 1. The molecule has 0 radical (unpaired) electrons. The highest BCUT2D eigenvalue weighted by Gasteiger charge is 2.47. The Labute approximate surface area is 189 Å². The number of aliphatic hydroxyl groups excluding tert-OH is 1. The quantitative estimate of drug-likeness (QED) is 0.547. The Kier molecular flexibility index (Phi) is 5.13. The first-order valence-corrected chi connectivity index (χ1v) is 10.8. The van der Waals surface area contributed by atoms with E-state index in [-0.39, 0.29) is 17.4 Å². The van der Waals surface area contributed by atoms with Gasteiger partial charge in [0.15, 0.2) is 22.9 Å². The number of furan rings is 1. The van der Waals surface area contributed by atoms with Gasteiger partial charge in [0.05, 0.1) is 18.7 Å². The first-order valence-electron chi connectivity index (χ1n) is 10.5. The average Bonchev–Trinajstić information content (AvgIpc) is 3.52. The lowest BCUT2D eigenvalue weighted by atomic mass is 9.95. The molecule has 1 saturated carbocycles. The number of fused-ring (bicyclic) bond motifs is 1. The third-order valence-electron chi connectivity index (χ3n) is 6.22. The Balaban J connectivity index is 1.62. The van der Waals surface area contributed by atoms with Crippen molar-refractivity contribution in [1.29, 1.82) is 0 Å². The van der Waals surface area contributed by atoms with E-state index in [2.05, 4.69) is 4.98 Å². The van der Waals surface area contributed by atoms with Crippen molar-refractivity contribution in [2.45, 2.75) is 37.8 Å². The molecule has 3 aromatic rings. The molecule has 0 bridgehead atoms. The molecule has 1 N–H and O–H groups in total. The third kappa shape index (κ3) is 3.24. The van der Waals surface area contributed by atoms with Gasteiger partial charge in [-0.2, -0.15) is 0 Å². The van der Waals surface area contributed by atoms with Gasteiger partial charge in [-0.05, 0) is 42.7 Å². The van der Waals surface area contributed by atoms with E-state index in [1.165, 1.54) is 7.11 Å². The van der Waals surface area contributed by atoms with Crippen LogP contribution in [0.3, 0.4) is 0 Å². The number of hydrogen-bond donors (Lipinski definition) is 1. The van der Waals surface area contributed by atoms with Gasteiger partial charge in [0, 0.05) is 34.9 Å². The highest BCUT2D eigenvalue weighted by atomic mass is 35.5. The number of amides is 1. The van der Waals surface area contributed by atoms with Gasteiger partial charge in [-0.3, -0.25) is 14.6 Å². The van der Waals surface area contributed by atoms with Crippen molar-refractivity contribution in [2.75, 3.05) is 7.11 Å². The lowest BCUT2D eigenvalue weighted by Gasteiger charge is -2.31. The molecule has 1 fully saturated rings. The number of aliphatic hydroxyl groups is 1. The van der Waals surface area contributed by atoms with E-state index in [0.717, 1.165) is 25.7 Å². The molecule has 164 valence electrons. The molecule has 3 heterocycles. The number of carbonyl (C=O) groups excluding carboxylic acids is 2. The fraction of sp³-hybridized carbons (Fsp3) is 0.292. The molecule has 1 aliphatic carbocycles. The predicted molar refractivity (Wildman–Crippen MR) is 118 cm³/mol.